The van der Waals surface area contributed by atoms with E-state index in [1.54, 1.807) is 0 Å². The van der Waals surface area contributed by atoms with Crippen molar-refractivity contribution in [2.75, 3.05) is 0 Å². The Morgan fingerprint density at radius 1 is 1.21 bits per heavy atom. The van der Waals surface area contributed by atoms with Gasteiger partial charge in [0.1, 0.15) is 0 Å². The van der Waals surface area contributed by atoms with Gasteiger partial charge in [0.2, 0.25) is 0 Å². The highest BCUT2D eigenvalue weighted by atomic mass is 14.7. The Labute approximate surface area is 86.3 Å². The largest absolute Gasteiger partial charge is 0.324 e. The molecule has 0 bridgehead atoms. The molecule has 0 aromatic heterocycles. The second-order valence-electron chi connectivity index (χ2n) is 4.15. The average Bonchev–Trinajstić information content (AvgIpc) is 2.30. The van der Waals surface area contributed by atoms with Crippen molar-refractivity contribution in [2.45, 2.75) is 31.7 Å². The molecule has 2 atom stereocenters. The van der Waals surface area contributed by atoms with E-state index in [1.807, 2.05) is 6.07 Å². The Morgan fingerprint density at radius 3 is 2.64 bits per heavy atom. The van der Waals surface area contributed by atoms with Crippen LogP contribution in [0.4, 0.5) is 0 Å². The van der Waals surface area contributed by atoms with Crippen molar-refractivity contribution in [3.63, 3.8) is 0 Å². The van der Waals surface area contributed by atoms with Crippen LogP contribution in [0.2, 0.25) is 0 Å². The van der Waals surface area contributed by atoms with Gasteiger partial charge in [-0.3, -0.25) is 0 Å². The van der Waals surface area contributed by atoms with E-state index >= 15 is 0 Å². The van der Waals surface area contributed by atoms with Gasteiger partial charge < -0.3 is 5.73 Å². The first-order chi connectivity index (χ1) is 6.88. The van der Waals surface area contributed by atoms with Crippen molar-refractivity contribution in [3.05, 3.63) is 42.3 Å². The molecule has 0 amide bonds. The minimum Gasteiger partial charge on any atom is -0.324 e. The van der Waals surface area contributed by atoms with Gasteiger partial charge in [-0.1, -0.05) is 43.2 Å². The molecule has 1 saturated carbocycles. The van der Waals surface area contributed by atoms with Crippen LogP contribution in [0.3, 0.4) is 0 Å². The third kappa shape index (κ3) is 2.16. The van der Waals surface area contributed by atoms with Gasteiger partial charge in [-0.15, -0.1) is 0 Å². The monoisotopic (exact) mass is 188 g/mol. The third-order valence-electron chi connectivity index (χ3n) is 3.14. The molecule has 1 aromatic carbocycles. The van der Waals surface area contributed by atoms with Gasteiger partial charge >= 0.3 is 0 Å². The molecule has 0 heterocycles. The first-order valence-corrected chi connectivity index (χ1v) is 5.50. The van der Waals surface area contributed by atoms with Crippen molar-refractivity contribution < 1.29 is 0 Å². The van der Waals surface area contributed by atoms with E-state index in [-0.39, 0.29) is 6.04 Å². The molecule has 1 heteroatoms. The highest BCUT2D eigenvalue weighted by Crippen LogP contribution is 2.32. The predicted octanol–water partition coefficient (Wildman–Crippen LogP) is 3.08. The number of hydrogen-bond acceptors (Lipinski definition) is 1. The Kier molecular flexibility index (Phi) is 3.20. The van der Waals surface area contributed by atoms with Crippen molar-refractivity contribution in [1.82, 2.24) is 0 Å². The number of benzene rings is 1. The van der Waals surface area contributed by atoms with Crippen LogP contribution in [0, 0.1) is 12.3 Å². The van der Waals surface area contributed by atoms with Crippen LogP contribution in [0.25, 0.3) is 0 Å². The summed E-state index contributed by atoms with van der Waals surface area (Å²) in [6.07, 6.45) is 7.45. The fourth-order valence-corrected chi connectivity index (χ4v) is 2.25. The molecular formula is C13H18N. The summed E-state index contributed by atoms with van der Waals surface area (Å²) in [6.45, 7) is 0. The zero-order valence-electron chi connectivity index (χ0n) is 8.52. The first kappa shape index (κ1) is 9.72. The van der Waals surface area contributed by atoms with Crippen molar-refractivity contribution in [2.24, 2.45) is 11.7 Å². The number of hydrogen-bond donors (Lipinski definition) is 1. The SMILES string of the molecule is NC(c1ccccc1)C1C[CH]CCC1. The number of rotatable bonds is 2. The zero-order valence-corrected chi connectivity index (χ0v) is 8.52. The van der Waals surface area contributed by atoms with Crippen LogP contribution in [0.1, 0.15) is 37.3 Å². The van der Waals surface area contributed by atoms with Crippen LogP contribution in [0.5, 0.6) is 0 Å². The van der Waals surface area contributed by atoms with E-state index in [4.69, 9.17) is 5.73 Å². The molecular weight excluding hydrogens is 170 g/mol. The van der Waals surface area contributed by atoms with Crippen LogP contribution in [-0.4, -0.2) is 0 Å². The molecule has 1 fully saturated rings. The standard InChI is InChI=1S/C13H18N/c14-13(11-7-3-1-4-8-11)12-9-5-2-6-10-12/h1,3-5,7-8,12-13H,2,6,9-10,14H2. The summed E-state index contributed by atoms with van der Waals surface area (Å²) in [4.78, 5) is 0. The van der Waals surface area contributed by atoms with Crippen LogP contribution in [0.15, 0.2) is 30.3 Å². The van der Waals surface area contributed by atoms with Gasteiger partial charge in [0.15, 0.2) is 0 Å². The van der Waals surface area contributed by atoms with Crippen LogP contribution >= 0.6 is 0 Å². The van der Waals surface area contributed by atoms with Crippen molar-refractivity contribution in [1.29, 1.82) is 0 Å². The number of nitrogens with two attached hydrogens (primary N) is 1. The predicted molar refractivity (Wildman–Crippen MR) is 59.6 cm³/mol. The van der Waals surface area contributed by atoms with E-state index in [2.05, 4.69) is 30.7 Å². The molecule has 2 unspecified atom stereocenters. The molecule has 1 aliphatic rings. The Balaban J connectivity index is 2.03. The summed E-state index contributed by atoms with van der Waals surface area (Å²) >= 11 is 0. The van der Waals surface area contributed by atoms with E-state index in [0.717, 1.165) is 0 Å². The maximum Gasteiger partial charge on any atom is 0.0323 e. The summed E-state index contributed by atoms with van der Waals surface area (Å²) in [7, 11) is 0. The quantitative estimate of drug-likeness (QED) is 0.758. The highest BCUT2D eigenvalue weighted by molar-refractivity contribution is 5.19. The maximum absolute atomic E-state index is 6.25. The van der Waals surface area contributed by atoms with E-state index in [9.17, 15) is 0 Å². The second kappa shape index (κ2) is 4.61. The lowest BCUT2D eigenvalue weighted by atomic mass is 9.82. The van der Waals surface area contributed by atoms with Gasteiger partial charge in [-0.25, -0.2) is 0 Å². The third-order valence-corrected chi connectivity index (χ3v) is 3.14. The normalized spacial score (nSPS) is 20.6. The minimum atomic E-state index is 0.229. The molecule has 1 aliphatic carbocycles. The van der Waals surface area contributed by atoms with Crippen LogP contribution < -0.4 is 5.73 Å². The lowest BCUT2D eigenvalue weighted by Crippen LogP contribution is -2.23. The van der Waals surface area contributed by atoms with E-state index in [1.165, 1.54) is 31.2 Å². The van der Waals surface area contributed by atoms with Gasteiger partial charge in [-0.05, 0) is 30.7 Å². The van der Waals surface area contributed by atoms with Gasteiger partial charge in [-0.2, -0.15) is 0 Å². The average molecular weight is 188 g/mol. The second-order valence-corrected chi connectivity index (χ2v) is 4.15. The van der Waals surface area contributed by atoms with Crippen molar-refractivity contribution >= 4 is 0 Å². The molecule has 0 spiro atoms. The molecule has 1 nitrogen and oxygen atoms in total. The lowest BCUT2D eigenvalue weighted by molar-refractivity contribution is 0.351. The molecule has 75 valence electrons. The fourth-order valence-electron chi connectivity index (χ4n) is 2.25. The fraction of sp³-hybridized carbons (Fsp3) is 0.462. The van der Waals surface area contributed by atoms with E-state index in [0.29, 0.717) is 5.92 Å². The summed E-state index contributed by atoms with van der Waals surface area (Å²) in [6, 6.07) is 10.7. The zero-order chi connectivity index (χ0) is 9.80. The Morgan fingerprint density at radius 2 is 2.00 bits per heavy atom. The van der Waals surface area contributed by atoms with Crippen LogP contribution in [-0.2, 0) is 0 Å². The Hall–Kier alpha value is -0.820. The summed E-state index contributed by atoms with van der Waals surface area (Å²) in [5, 5.41) is 0. The topological polar surface area (TPSA) is 26.0 Å². The van der Waals surface area contributed by atoms with Gasteiger partial charge in [0.05, 0.1) is 0 Å². The molecule has 1 radical (unpaired) electrons. The molecule has 2 N–H and O–H groups in total. The molecule has 1 aromatic rings. The van der Waals surface area contributed by atoms with Gasteiger partial charge in [0, 0.05) is 6.04 Å². The molecule has 14 heavy (non-hydrogen) atoms. The maximum atomic E-state index is 6.25. The van der Waals surface area contributed by atoms with Gasteiger partial charge in [0.25, 0.3) is 0 Å². The summed E-state index contributed by atoms with van der Waals surface area (Å²) in [5.41, 5.74) is 7.53. The molecule has 0 saturated heterocycles. The molecule has 2 rings (SSSR count). The lowest BCUT2D eigenvalue weighted by Gasteiger charge is -2.27. The first-order valence-electron chi connectivity index (χ1n) is 5.50. The summed E-state index contributed by atoms with van der Waals surface area (Å²) in [5.74, 6) is 0.658. The highest BCUT2D eigenvalue weighted by Gasteiger charge is 2.21. The Bertz CT molecular complexity index is 262. The van der Waals surface area contributed by atoms with Crippen molar-refractivity contribution in [3.8, 4) is 0 Å². The molecule has 0 aliphatic heterocycles. The summed E-state index contributed by atoms with van der Waals surface area (Å²) < 4.78 is 0. The minimum absolute atomic E-state index is 0.229. The van der Waals surface area contributed by atoms with E-state index < -0.39 is 0 Å². The smallest absolute Gasteiger partial charge is 0.0323 e.